The lowest BCUT2D eigenvalue weighted by molar-refractivity contribution is -0.384. The minimum Gasteiger partial charge on any atom is -0.258 e. The molecule has 0 N–H and O–H groups in total. The van der Waals surface area contributed by atoms with Gasteiger partial charge in [-0.15, -0.1) is 11.3 Å². The van der Waals surface area contributed by atoms with Crippen LogP contribution in [0.15, 0.2) is 48.5 Å². The molecule has 0 spiro atoms. The van der Waals surface area contributed by atoms with Crippen molar-refractivity contribution in [1.29, 1.82) is 5.26 Å². The Morgan fingerprint density at radius 1 is 1.23 bits per heavy atom. The maximum absolute atomic E-state index is 10.9. The highest BCUT2D eigenvalue weighted by Crippen LogP contribution is 2.38. The summed E-state index contributed by atoms with van der Waals surface area (Å²) in [4.78, 5) is 16.4. The molecule has 26 heavy (non-hydrogen) atoms. The molecule has 5 nitrogen and oxygen atoms in total. The number of thiazole rings is 1. The first-order valence-corrected chi connectivity index (χ1v) is 8.92. The van der Waals surface area contributed by atoms with Crippen LogP contribution in [-0.4, -0.2) is 9.91 Å². The molecule has 0 bridgehead atoms. The largest absolute Gasteiger partial charge is 0.270 e. The van der Waals surface area contributed by atoms with Crippen LogP contribution < -0.4 is 0 Å². The lowest BCUT2D eigenvalue weighted by Gasteiger charge is -2.13. The van der Waals surface area contributed by atoms with Crippen LogP contribution in [0, 0.1) is 21.4 Å². The molecule has 0 unspecified atom stereocenters. The second-order valence-electron chi connectivity index (χ2n) is 5.97. The first kappa shape index (κ1) is 16.2. The lowest BCUT2D eigenvalue weighted by atomic mass is 9.94. The number of nitro groups is 1. The van der Waals surface area contributed by atoms with E-state index in [4.69, 9.17) is 4.98 Å². The van der Waals surface area contributed by atoms with E-state index in [0.29, 0.717) is 16.1 Å². The molecule has 2 aromatic carbocycles. The monoisotopic (exact) mass is 359 g/mol. The molecule has 3 aromatic rings. The van der Waals surface area contributed by atoms with Gasteiger partial charge in [-0.05, 0) is 30.0 Å². The Kier molecular flexibility index (Phi) is 4.07. The number of rotatable bonds is 3. The second kappa shape index (κ2) is 6.54. The van der Waals surface area contributed by atoms with Crippen molar-refractivity contribution in [2.24, 2.45) is 0 Å². The van der Waals surface area contributed by atoms with Gasteiger partial charge >= 0.3 is 0 Å². The average Bonchev–Trinajstić information content (AvgIpc) is 3.11. The van der Waals surface area contributed by atoms with Crippen LogP contribution in [0.25, 0.3) is 22.9 Å². The third-order valence-electron chi connectivity index (χ3n) is 4.33. The number of nitro benzene ring substituents is 1. The van der Waals surface area contributed by atoms with Gasteiger partial charge in [-0.2, -0.15) is 5.26 Å². The van der Waals surface area contributed by atoms with E-state index in [0.717, 1.165) is 24.1 Å². The van der Waals surface area contributed by atoms with Gasteiger partial charge in [-0.1, -0.05) is 36.4 Å². The van der Waals surface area contributed by atoms with Crippen LogP contribution in [0.3, 0.4) is 0 Å². The summed E-state index contributed by atoms with van der Waals surface area (Å²) < 4.78 is 0. The Morgan fingerprint density at radius 2 is 2.08 bits per heavy atom. The molecule has 0 radical (unpaired) electrons. The summed E-state index contributed by atoms with van der Waals surface area (Å²) in [5.74, 6) is 0. The number of nitrogens with zero attached hydrogens (tertiary/aromatic N) is 3. The highest BCUT2D eigenvalue weighted by molar-refractivity contribution is 7.13. The fraction of sp³-hybridized carbons (Fsp3) is 0.100. The number of aryl methyl sites for hydroxylation is 2. The van der Waals surface area contributed by atoms with Gasteiger partial charge in [0.2, 0.25) is 0 Å². The Balaban J connectivity index is 1.76. The molecule has 6 heteroatoms. The third-order valence-corrected chi connectivity index (χ3v) is 5.48. The van der Waals surface area contributed by atoms with Crippen molar-refractivity contribution in [1.82, 2.24) is 4.98 Å². The standard InChI is InChI=1S/C20H13N3O2S/c21-12-15(10-13-4-3-6-16(11-13)23(24)25)20-22-19-17-7-2-1-5-14(17)8-9-18(19)26-20/h1-7,10-11H,8-9H2. The maximum atomic E-state index is 10.9. The Labute approximate surface area is 154 Å². The van der Waals surface area contributed by atoms with Crippen molar-refractivity contribution >= 4 is 28.7 Å². The van der Waals surface area contributed by atoms with Crippen LogP contribution in [0.1, 0.15) is 21.0 Å². The van der Waals surface area contributed by atoms with Crippen LogP contribution in [0.5, 0.6) is 0 Å². The predicted molar refractivity (Wildman–Crippen MR) is 102 cm³/mol. The van der Waals surface area contributed by atoms with Crippen molar-refractivity contribution in [3.05, 3.63) is 79.7 Å². The normalized spacial score (nSPS) is 12.8. The maximum Gasteiger partial charge on any atom is 0.270 e. The molecule has 1 aromatic heterocycles. The molecule has 0 saturated carbocycles. The summed E-state index contributed by atoms with van der Waals surface area (Å²) in [6.45, 7) is 0. The zero-order chi connectivity index (χ0) is 18.1. The molecule has 0 aliphatic heterocycles. The first-order valence-electron chi connectivity index (χ1n) is 8.10. The molecular weight excluding hydrogens is 346 g/mol. The zero-order valence-corrected chi connectivity index (χ0v) is 14.5. The number of allylic oxidation sites excluding steroid dienone is 1. The Bertz CT molecular complexity index is 1090. The van der Waals surface area contributed by atoms with E-state index in [2.05, 4.69) is 18.2 Å². The number of aromatic nitrogens is 1. The van der Waals surface area contributed by atoms with Crippen LogP contribution >= 0.6 is 11.3 Å². The van der Waals surface area contributed by atoms with Gasteiger partial charge in [0.05, 0.1) is 16.2 Å². The van der Waals surface area contributed by atoms with Crippen LogP contribution in [0.4, 0.5) is 5.69 Å². The molecule has 1 aliphatic rings. The average molecular weight is 359 g/mol. The van der Waals surface area contributed by atoms with E-state index < -0.39 is 4.92 Å². The number of fused-ring (bicyclic) bond motifs is 3. The van der Waals surface area contributed by atoms with Crippen molar-refractivity contribution in [3.8, 4) is 17.3 Å². The van der Waals surface area contributed by atoms with Crippen molar-refractivity contribution in [2.45, 2.75) is 12.8 Å². The number of nitriles is 1. The number of non-ortho nitro benzene ring substituents is 1. The number of benzene rings is 2. The van der Waals surface area contributed by atoms with Gasteiger partial charge < -0.3 is 0 Å². The number of hydrogen-bond acceptors (Lipinski definition) is 5. The molecule has 0 saturated heterocycles. The predicted octanol–water partition coefficient (Wildman–Crippen LogP) is 4.88. The van der Waals surface area contributed by atoms with E-state index in [1.165, 1.54) is 33.9 Å². The van der Waals surface area contributed by atoms with Crippen molar-refractivity contribution in [3.63, 3.8) is 0 Å². The smallest absolute Gasteiger partial charge is 0.258 e. The summed E-state index contributed by atoms with van der Waals surface area (Å²) in [5.41, 5.74) is 4.39. The number of hydrogen-bond donors (Lipinski definition) is 0. The molecule has 0 fully saturated rings. The van der Waals surface area contributed by atoms with Crippen molar-refractivity contribution < 1.29 is 4.92 Å². The van der Waals surface area contributed by atoms with E-state index in [1.807, 2.05) is 12.1 Å². The minimum absolute atomic E-state index is 0.00315. The van der Waals surface area contributed by atoms with Gasteiger partial charge in [0.1, 0.15) is 11.1 Å². The quantitative estimate of drug-likeness (QED) is 0.379. The Morgan fingerprint density at radius 3 is 2.88 bits per heavy atom. The fourth-order valence-corrected chi connectivity index (χ4v) is 4.14. The summed E-state index contributed by atoms with van der Waals surface area (Å²) in [7, 11) is 0. The summed E-state index contributed by atoms with van der Waals surface area (Å²) >= 11 is 1.53. The molecular formula is C20H13N3O2S. The molecule has 0 atom stereocenters. The second-order valence-corrected chi connectivity index (χ2v) is 7.05. The topological polar surface area (TPSA) is 79.8 Å². The van der Waals surface area contributed by atoms with E-state index >= 15 is 0 Å². The van der Waals surface area contributed by atoms with Gasteiger partial charge in [-0.3, -0.25) is 10.1 Å². The van der Waals surface area contributed by atoms with Gasteiger partial charge in [0.15, 0.2) is 0 Å². The highest BCUT2D eigenvalue weighted by Gasteiger charge is 2.21. The van der Waals surface area contributed by atoms with E-state index in [9.17, 15) is 15.4 Å². The SMILES string of the molecule is N#CC(=Cc1cccc([N+](=O)[O-])c1)c1nc2c(s1)CCc1ccccc1-2. The lowest BCUT2D eigenvalue weighted by Crippen LogP contribution is -2.01. The first-order chi connectivity index (χ1) is 12.7. The zero-order valence-electron chi connectivity index (χ0n) is 13.7. The van der Waals surface area contributed by atoms with E-state index in [-0.39, 0.29) is 5.69 Å². The Hall–Kier alpha value is -3.30. The fourth-order valence-electron chi connectivity index (χ4n) is 3.10. The van der Waals surface area contributed by atoms with Gasteiger partial charge in [0, 0.05) is 22.6 Å². The van der Waals surface area contributed by atoms with Crippen LogP contribution in [-0.2, 0) is 12.8 Å². The van der Waals surface area contributed by atoms with Gasteiger partial charge in [0.25, 0.3) is 5.69 Å². The molecule has 4 rings (SSSR count). The summed E-state index contributed by atoms with van der Waals surface area (Å²) in [6.07, 6.45) is 3.55. The van der Waals surface area contributed by atoms with E-state index in [1.54, 1.807) is 18.2 Å². The molecule has 1 heterocycles. The van der Waals surface area contributed by atoms with Crippen molar-refractivity contribution in [2.75, 3.05) is 0 Å². The molecule has 126 valence electrons. The summed E-state index contributed by atoms with van der Waals surface area (Å²) in [5, 5.41) is 21.2. The third kappa shape index (κ3) is 2.89. The molecule has 0 amide bonds. The minimum atomic E-state index is -0.442. The highest BCUT2D eigenvalue weighted by atomic mass is 32.1. The van der Waals surface area contributed by atoms with Crippen LogP contribution in [0.2, 0.25) is 0 Å². The van der Waals surface area contributed by atoms with Gasteiger partial charge in [-0.25, -0.2) is 4.98 Å². The summed E-state index contributed by atoms with van der Waals surface area (Å²) in [6, 6.07) is 16.6. The molecule has 1 aliphatic carbocycles.